The molecule has 0 radical (unpaired) electrons. The average Bonchev–Trinajstić information content (AvgIpc) is 2.99. The Morgan fingerprint density at radius 2 is 2.18 bits per heavy atom. The first-order valence-electron chi connectivity index (χ1n) is 7.78. The second kappa shape index (κ2) is 6.83. The maximum atomic E-state index is 5.32. The Morgan fingerprint density at radius 1 is 1.36 bits per heavy atom. The Labute approximate surface area is 130 Å². The summed E-state index contributed by atoms with van der Waals surface area (Å²) in [5.41, 5.74) is 0. The van der Waals surface area contributed by atoms with E-state index in [-0.39, 0.29) is 0 Å². The van der Waals surface area contributed by atoms with E-state index in [4.69, 9.17) is 4.52 Å². The molecule has 7 nitrogen and oxygen atoms in total. The molecule has 0 unspecified atom stereocenters. The van der Waals surface area contributed by atoms with Crippen molar-refractivity contribution in [3.63, 3.8) is 0 Å². The van der Waals surface area contributed by atoms with Crippen molar-refractivity contribution in [3.8, 4) is 0 Å². The van der Waals surface area contributed by atoms with Crippen LogP contribution in [0.4, 0.5) is 5.82 Å². The van der Waals surface area contributed by atoms with Gasteiger partial charge in [-0.25, -0.2) is 9.97 Å². The zero-order valence-electron chi connectivity index (χ0n) is 13.1. The zero-order valence-corrected chi connectivity index (χ0v) is 13.1. The molecule has 0 amide bonds. The van der Waals surface area contributed by atoms with Gasteiger partial charge >= 0.3 is 0 Å². The summed E-state index contributed by atoms with van der Waals surface area (Å²) in [5, 5.41) is 7.47. The molecule has 0 bridgehead atoms. The number of rotatable bonds is 5. The van der Waals surface area contributed by atoms with Crippen LogP contribution in [0.5, 0.6) is 0 Å². The molecule has 0 saturated carbocycles. The molecule has 0 spiro atoms. The minimum Gasteiger partial charge on any atom is -0.367 e. The lowest BCUT2D eigenvalue weighted by Crippen LogP contribution is -2.38. The first-order valence-corrected chi connectivity index (χ1v) is 7.78. The van der Waals surface area contributed by atoms with Gasteiger partial charge in [-0.3, -0.25) is 4.90 Å². The highest BCUT2D eigenvalue weighted by Crippen LogP contribution is 2.17. The van der Waals surface area contributed by atoms with Crippen LogP contribution in [-0.2, 0) is 6.54 Å². The van der Waals surface area contributed by atoms with Gasteiger partial charge < -0.3 is 9.84 Å². The maximum Gasteiger partial charge on any atom is 0.240 e. The standard InChI is InChI=1S/C15H22N6O/c1-11(2)15-19-14(22-20-15)9-21-7-4-12(5-8-21)18-13-3-6-16-10-17-13/h3,6,10-12H,4-5,7-9H2,1-2H3,(H,16,17,18). The second-order valence-corrected chi connectivity index (χ2v) is 5.99. The molecule has 7 heteroatoms. The van der Waals surface area contributed by atoms with E-state index in [9.17, 15) is 0 Å². The zero-order chi connectivity index (χ0) is 15.4. The highest BCUT2D eigenvalue weighted by atomic mass is 16.5. The molecule has 3 rings (SSSR count). The minimum absolute atomic E-state index is 0.306. The summed E-state index contributed by atoms with van der Waals surface area (Å²) >= 11 is 0. The molecule has 2 aromatic rings. The van der Waals surface area contributed by atoms with Crippen LogP contribution in [0.3, 0.4) is 0 Å². The van der Waals surface area contributed by atoms with Crippen molar-refractivity contribution in [1.82, 2.24) is 25.0 Å². The van der Waals surface area contributed by atoms with Crippen LogP contribution >= 0.6 is 0 Å². The first-order chi connectivity index (χ1) is 10.7. The molecule has 2 aromatic heterocycles. The molecular weight excluding hydrogens is 280 g/mol. The summed E-state index contributed by atoms with van der Waals surface area (Å²) in [7, 11) is 0. The van der Waals surface area contributed by atoms with E-state index in [1.165, 1.54) is 0 Å². The van der Waals surface area contributed by atoms with E-state index in [0.29, 0.717) is 17.9 Å². The number of nitrogens with zero attached hydrogens (tertiary/aromatic N) is 5. The van der Waals surface area contributed by atoms with Gasteiger partial charge in [-0.1, -0.05) is 19.0 Å². The third kappa shape index (κ3) is 3.79. The fourth-order valence-electron chi connectivity index (χ4n) is 2.58. The summed E-state index contributed by atoms with van der Waals surface area (Å²) < 4.78 is 5.32. The third-order valence-electron chi connectivity index (χ3n) is 3.88. The molecule has 22 heavy (non-hydrogen) atoms. The smallest absolute Gasteiger partial charge is 0.240 e. The van der Waals surface area contributed by atoms with Gasteiger partial charge in [0.2, 0.25) is 5.89 Å². The lowest BCUT2D eigenvalue weighted by atomic mass is 10.1. The van der Waals surface area contributed by atoms with Crippen LogP contribution in [-0.4, -0.2) is 44.1 Å². The van der Waals surface area contributed by atoms with Crippen molar-refractivity contribution in [3.05, 3.63) is 30.3 Å². The number of hydrogen-bond acceptors (Lipinski definition) is 7. The average molecular weight is 302 g/mol. The molecule has 1 aliphatic rings. The van der Waals surface area contributed by atoms with Crippen LogP contribution in [0.15, 0.2) is 23.1 Å². The predicted molar refractivity (Wildman–Crippen MR) is 82.3 cm³/mol. The Bertz CT molecular complexity index is 577. The van der Waals surface area contributed by atoms with Crippen molar-refractivity contribution in [2.24, 2.45) is 0 Å². The topological polar surface area (TPSA) is 80.0 Å². The summed E-state index contributed by atoms with van der Waals surface area (Å²) in [5.74, 6) is 2.70. The van der Waals surface area contributed by atoms with Crippen molar-refractivity contribution in [1.29, 1.82) is 0 Å². The van der Waals surface area contributed by atoms with Gasteiger partial charge in [0.05, 0.1) is 6.54 Å². The van der Waals surface area contributed by atoms with E-state index >= 15 is 0 Å². The lowest BCUT2D eigenvalue weighted by Gasteiger charge is -2.31. The van der Waals surface area contributed by atoms with E-state index in [1.807, 2.05) is 6.07 Å². The van der Waals surface area contributed by atoms with Crippen LogP contribution in [0.1, 0.15) is 44.3 Å². The van der Waals surface area contributed by atoms with Gasteiger partial charge in [-0.2, -0.15) is 4.98 Å². The fourth-order valence-corrected chi connectivity index (χ4v) is 2.58. The molecule has 3 heterocycles. The van der Waals surface area contributed by atoms with E-state index < -0.39 is 0 Å². The van der Waals surface area contributed by atoms with Crippen LogP contribution in [0, 0.1) is 0 Å². The van der Waals surface area contributed by atoms with Gasteiger partial charge in [0, 0.05) is 31.2 Å². The molecule has 1 fully saturated rings. The van der Waals surface area contributed by atoms with E-state index in [2.05, 4.69) is 44.2 Å². The minimum atomic E-state index is 0.306. The number of likely N-dealkylation sites (tertiary alicyclic amines) is 1. The first kappa shape index (κ1) is 14.9. The Balaban J connectivity index is 1.47. The molecule has 118 valence electrons. The number of piperidine rings is 1. The molecule has 0 atom stereocenters. The molecule has 0 aliphatic carbocycles. The van der Waals surface area contributed by atoms with E-state index in [1.54, 1.807) is 12.5 Å². The quantitative estimate of drug-likeness (QED) is 0.905. The molecular formula is C15H22N6O. The monoisotopic (exact) mass is 302 g/mol. The number of anilines is 1. The molecule has 1 aliphatic heterocycles. The predicted octanol–water partition coefficient (Wildman–Crippen LogP) is 2.06. The molecule has 0 aromatic carbocycles. The third-order valence-corrected chi connectivity index (χ3v) is 3.88. The maximum absolute atomic E-state index is 5.32. The van der Waals surface area contributed by atoms with Crippen molar-refractivity contribution in [2.45, 2.75) is 45.2 Å². The summed E-state index contributed by atoms with van der Waals surface area (Å²) in [6.45, 7) is 6.90. The number of hydrogen-bond donors (Lipinski definition) is 1. The molecule has 1 N–H and O–H groups in total. The van der Waals surface area contributed by atoms with Crippen LogP contribution < -0.4 is 5.32 Å². The van der Waals surface area contributed by atoms with Gasteiger partial charge in [0.25, 0.3) is 0 Å². The normalized spacial score (nSPS) is 17.0. The SMILES string of the molecule is CC(C)c1noc(CN2CCC(Nc3ccncn3)CC2)n1. The number of aromatic nitrogens is 4. The summed E-state index contributed by atoms with van der Waals surface area (Å²) in [6, 6.07) is 2.36. The highest BCUT2D eigenvalue weighted by Gasteiger charge is 2.21. The van der Waals surface area contributed by atoms with Crippen molar-refractivity contribution in [2.75, 3.05) is 18.4 Å². The van der Waals surface area contributed by atoms with Crippen molar-refractivity contribution >= 4 is 5.82 Å². The van der Waals surface area contributed by atoms with Gasteiger partial charge in [0.1, 0.15) is 12.1 Å². The summed E-state index contributed by atoms with van der Waals surface area (Å²) in [4.78, 5) is 14.9. The van der Waals surface area contributed by atoms with Gasteiger partial charge in [-0.05, 0) is 18.9 Å². The number of nitrogens with one attached hydrogen (secondary N) is 1. The van der Waals surface area contributed by atoms with E-state index in [0.717, 1.165) is 44.1 Å². The second-order valence-electron chi connectivity index (χ2n) is 5.99. The van der Waals surface area contributed by atoms with Crippen LogP contribution in [0.2, 0.25) is 0 Å². The van der Waals surface area contributed by atoms with Crippen LogP contribution in [0.25, 0.3) is 0 Å². The van der Waals surface area contributed by atoms with Crippen molar-refractivity contribution < 1.29 is 4.52 Å². The Hall–Kier alpha value is -2.02. The largest absolute Gasteiger partial charge is 0.367 e. The summed E-state index contributed by atoms with van der Waals surface area (Å²) in [6.07, 6.45) is 5.48. The molecule has 1 saturated heterocycles. The highest BCUT2D eigenvalue weighted by molar-refractivity contribution is 5.33. The van der Waals surface area contributed by atoms with Gasteiger partial charge in [0.15, 0.2) is 5.82 Å². The van der Waals surface area contributed by atoms with Gasteiger partial charge in [-0.15, -0.1) is 0 Å². The lowest BCUT2D eigenvalue weighted by molar-refractivity contribution is 0.186. The fraction of sp³-hybridized carbons (Fsp3) is 0.600. The Morgan fingerprint density at radius 3 is 2.82 bits per heavy atom. The Kier molecular flexibility index (Phi) is 4.62.